The first-order valence-electron chi connectivity index (χ1n) is 5.32. The van der Waals surface area contributed by atoms with Crippen molar-refractivity contribution in [2.75, 3.05) is 0 Å². The maximum Gasteiger partial charge on any atom is 0.417 e. The van der Waals surface area contributed by atoms with Gasteiger partial charge in [0.1, 0.15) is 0 Å². The highest BCUT2D eigenvalue weighted by Gasteiger charge is 2.33. The summed E-state index contributed by atoms with van der Waals surface area (Å²) in [5.74, 6) is 0. The minimum Gasteiger partial charge on any atom is -0.166 e. The van der Waals surface area contributed by atoms with E-state index in [1.54, 1.807) is 0 Å². The minimum atomic E-state index is -4.42. The predicted octanol–water partition coefficient (Wildman–Crippen LogP) is 5.33. The first kappa shape index (κ1) is 13.0. The van der Waals surface area contributed by atoms with E-state index in [0.29, 0.717) is 5.56 Å². The average molecular weight is 271 g/mol. The zero-order valence-corrected chi connectivity index (χ0v) is 10.3. The van der Waals surface area contributed by atoms with Gasteiger partial charge >= 0.3 is 6.18 Å². The predicted molar refractivity (Wildman–Crippen MR) is 66.6 cm³/mol. The van der Waals surface area contributed by atoms with Crippen molar-refractivity contribution in [3.05, 3.63) is 58.6 Å². The lowest BCUT2D eigenvalue weighted by atomic mass is 9.99. The smallest absolute Gasteiger partial charge is 0.166 e. The van der Waals surface area contributed by atoms with Gasteiger partial charge in [0.25, 0.3) is 0 Å². The SMILES string of the molecule is Cc1ccccc1-c1ccc(C(F)(F)F)c(Cl)c1. The number of aryl methyl sites for hydroxylation is 1. The van der Waals surface area contributed by atoms with Crippen LogP contribution in [0.15, 0.2) is 42.5 Å². The molecule has 94 valence electrons. The Morgan fingerprint density at radius 2 is 1.67 bits per heavy atom. The van der Waals surface area contributed by atoms with Gasteiger partial charge in [-0.25, -0.2) is 0 Å². The topological polar surface area (TPSA) is 0 Å². The van der Waals surface area contributed by atoms with Crippen LogP contribution in [0.4, 0.5) is 13.2 Å². The lowest BCUT2D eigenvalue weighted by molar-refractivity contribution is -0.137. The lowest BCUT2D eigenvalue weighted by Crippen LogP contribution is -2.05. The fourth-order valence-corrected chi connectivity index (χ4v) is 2.10. The van der Waals surface area contributed by atoms with E-state index < -0.39 is 11.7 Å². The Kier molecular flexibility index (Phi) is 3.35. The summed E-state index contributed by atoms with van der Waals surface area (Å²) in [6.07, 6.45) is -4.42. The Labute approximate surface area is 108 Å². The molecule has 0 fully saturated rings. The van der Waals surface area contributed by atoms with Gasteiger partial charge in [-0.1, -0.05) is 41.9 Å². The summed E-state index contributed by atoms with van der Waals surface area (Å²) in [5.41, 5.74) is 1.76. The molecule has 4 heteroatoms. The second kappa shape index (κ2) is 4.65. The van der Waals surface area contributed by atoms with E-state index >= 15 is 0 Å². The van der Waals surface area contributed by atoms with Gasteiger partial charge in [0.2, 0.25) is 0 Å². The van der Waals surface area contributed by atoms with Gasteiger partial charge in [0.05, 0.1) is 10.6 Å². The molecule has 0 heterocycles. The second-order valence-electron chi connectivity index (χ2n) is 4.01. The van der Waals surface area contributed by atoms with E-state index in [1.807, 2.05) is 31.2 Å². The first-order valence-corrected chi connectivity index (χ1v) is 5.70. The molecule has 0 aromatic heterocycles. The van der Waals surface area contributed by atoms with Gasteiger partial charge in [0, 0.05) is 0 Å². The number of hydrogen-bond acceptors (Lipinski definition) is 0. The molecule has 18 heavy (non-hydrogen) atoms. The highest BCUT2D eigenvalue weighted by Crippen LogP contribution is 2.37. The molecule has 0 atom stereocenters. The standard InChI is InChI=1S/C14H10ClF3/c1-9-4-2-3-5-11(9)10-6-7-12(13(15)8-10)14(16,17)18/h2-8H,1H3. The van der Waals surface area contributed by atoms with Crippen molar-refractivity contribution in [3.8, 4) is 11.1 Å². The zero-order valence-electron chi connectivity index (χ0n) is 9.55. The lowest BCUT2D eigenvalue weighted by Gasteiger charge is -2.11. The number of rotatable bonds is 1. The van der Waals surface area contributed by atoms with Gasteiger partial charge in [-0.3, -0.25) is 0 Å². The van der Waals surface area contributed by atoms with Gasteiger partial charge in [-0.15, -0.1) is 0 Å². The number of hydrogen-bond donors (Lipinski definition) is 0. The molecule has 2 aromatic rings. The second-order valence-corrected chi connectivity index (χ2v) is 4.41. The van der Waals surface area contributed by atoms with Crippen LogP contribution < -0.4 is 0 Å². The van der Waals surface area contributed by atoms with Crippen LogP contribution in [0.2, 0.25) is 5.02 Å². The normalized spacial score (nSPS) is 11.6. The molecular weight excluding hydrogens is 261 g/mol. The number of benzene rings is 2. The summed E-state index contributed by atoms with van der Waals surface area (Å²) < 4.78 is 37.7. The van der Waals surface area contributed by atoms with E-state index in [1.165, 1.54) is 12.1 Å². The molecule has 0 nitrogen and oxygen atoms in total. The zero-order chi connectivity index (χ0) is 13.3. The summed E-state index contributed by atoms with van der Waals surface area (Å²) in [6, 6.07) is 11.3. The molecule has 0 bridgehead atoms. The average Bonchev–Trinajstić information content (AvgIpc) is 2.27. The van der Waals surface area contributed by atoms with Crippen LogP contribution in [0.5, 0.6) is 0 Å². The van der Waals surface area contributed by atoms with E-state index in [9.17, 15) is 13.2 Å². The van der Waals surface area contributed by atoms with Crippen LogP contribution in [0.1, 0.15) is 11.1 Å². The van der Waals surface area contributed by atoms with Crippen LogP contribution >= 0.6 is 11.6 Å². The van der Waals surface area contributed by atoms with Gasteiger partial charge in [-0.05, 0) is 35.7 Å². The van der Waals surface area contributed by atoms with Crippen molar-refractivity contribution in [1.29, 1.82) is 0 Å². The summed E-state index contributed by atoms with van der Waals surface area (Å²) in [6.45, 7) is 1.90. The molecule has 0 aliphatic heterocycles. The van der Waals surface area contributed by atoms with E-state index in [2.05, 4.69) is 0 Å². The van der Waals surface area contributed by atoms with Gasteiger partial charge in [0.15, 0.2) is 0 Å². The van der Waals surface area contributed by atoms with Crippen LogP contribution in [0.25, 0.3) is 11.1 Å². The highest BCUT2D eigenvalue weighted by molar-refractivity contribution is 6.31. The monoisotopic (exact) mass is 270 g/mol. The van der Waals surface area contributed by atoms with Crippen LogP contribution in [0.3, 0.4) is 0 Å². The van der Waals surface area contributed by atoms with E-state index in [0.717, 1.165) is 17.2 Å². The summed E-state index contributed by atoms with van der Waals surface area (Å²) >= 11 is 5.70. The minimum absolute atomic E-state index is 0.275. The largest absolute Gasteiger partial charge is 0.417 e. The molecule has 2 aromatic carbocycles. The van der Waals surface area contributed by atoms with E-state index in [4.69, 9.17) is 11.6 Å². The first-order chi connectivity index (χ1) is 8.39. The summed E-state index contributed by atoms with van der Waals surface area (Å²) in [7, 11) is 0. The molecule has 2 rings (SSSR count). The van der Waals surface area contributed by atoms with Crippen molar-refractivity contribution in [2.45, 2.75) is 13.1 Å². The Morgan fingerprint density at radius 1 is 1.00 bits per heavy atom. The molecule has 0 saturated carbocycles. The van der Waals surface area contributed by atoms with Crippen LogP contribution in [0, 0.1) is 6.92 Å². The quantitative estimate of drug-likeness (QED) is 0.657. The van der Waals surface area contributed by atoms with Crippen molar-refractivity contribution in [2.24, 2.45) is 0 Å². The number of alkyl halides is 3. The fourth-order valence-electron chi connectivity index (χ4n) is 1.81. The molecule has 0 saturated heterocycles. The molecule has 0 aliphatic rings. The molecule has 0 unspecified atom stereocenters. The van der Waals surface area contributed by atoms with Crippen molar-refractivity contribution < 1.29 is 13.2 Å². The third-order valence-corrected chi connectivity index (χ3v) is 3.04. The fraction of sp³-hybridized carbons (Fsp3) is 0.143. The Bertz CT molecular complexity index is 573. The number of halogens is 4. The molecule has 0 aliphatic carbocycles. The van der Waals surface area contributed by atoms with Crippen molar-refractivity contribution in [3.63, 3.8) is 0 Å². The van der Waals surface area contributed by atoms with Crippen LogP contribution in [-0.2, 0) is 6.18 Å². The Hall–Kier alpha value is -1.48. The molecule has 0 N–H and O–H groups in total. The molecule has 0 radical (unpaired) electrons. The maximum absolute atomic E-state index is 12.6. The summed E-state index contributed by atoms with van der Waals surface area (Å²) in [5, 5.41) is -0.275. The van der Waals surface area contributed by atoms with Gasteiger partial charge < -0.3 is 0 Å². The van der Waals surface area contributed by atoms with Crippen LogP contribution in [-0.4, -0.2) is 0 Å². The molecule has 0 spiro atoms. The maximum atomic E-state index is 12.6. The Morgan fingerprint density at radius 3 is 2.22 bits per heavy atom. The molecule has 0 amide bonds. The van der Waals surface area contributed by atoms with Crippen molar-refractivity contribution in [1.82, 2.24) is 0 Å². The molecular formula is C14H10ClF3. The van der Waals surface area contributed by atoms with Gasteiger partial charge in [-0.2, -0.15) is 13.2 Å². The third kappa shape index (κ3) is 2.51. The highest BCUT2D eigenvalue weighted by atomic mass is 35.5. The summed E-state index contributed by atoms with van der Waals surface area (Å²) in [4.78, 5) is 0. The van der Waals surface area contributed by atoms with E-state index in [-0.39, 0.29) is 5.02 Å². The Balaban J connectivity index is 2.51. The third-order valence-electron chi connectivity index (χ3n) is 2.73. The van der Waals surface area contributed by atoms with Crippen molar-refractivity contribution >= 4 is 11.6 Å².